The predicted octanol–water partition coefficient (Wildman–Crippen LogP) is 3.33. The highest BCUT2D eigenvalue weighted by Crippen LogP contribution is 2.47. The van der Waals surface area contributed by atoms with E-state index in [9.17, 15) is 4.39 Å². The molecule has 1 aromatic heterocycles. The van der Waals surface area contributed by atoms with Gasteiger partial charge in [-0.15, -0.1) is 0 Å². The molecule has 5 nitrogen and oxygen atoms in total. The maximum Gasteiger partial charge on any atom is 0.191 e. The van der Waals surface area contributed by atoms with Crippen molar-refractivity contribution in [3.05, 3.63) is 53.2 Å². The van der Waals surface area contributed by atoms with Crippen molar-refractivity contribution < 1.29 is 8.91 Å². The molecule has 2 aromatic rings. The lowest BCUT2D eigenvalue weighted by molar-refractivity contribution is 0.372. The number of hydrogen-bond donors (Lipinski definition) is 2. The summed E-state index contributed by atoms with van der Waals surface area (Å²) in [6.07, 6.45) is 2.11. The van der Waals surface area contributed by atoms with E-state index in [4.69, 9.17) is 4.52 Å². The fraction of sp³-hybridized carbons (Fsp3) is 0.474. The minimum absolute atomic E-state index is 0.0107. The van der Waals surface area contributed by atoms with Gasteiger partial charge in [-0.1, -0.05) is 31.1 Å². The number of hydrogen-bond acceptors (Lipinski definition) is 3. The molecule has 25 heavy (non-hydrogen) atoms. The average Bonchev–Trinajstić information content (AvgIpc) is 3.24. The van der Waals surface area contributed by atoms with Crippen molar-refractivity contribution in [1.29, 1.82) is 0 Å². The van der Waals surface area contributed by atoms with Crippen molar-refractivity contribution in [3.63, 3.8) is 0 Å². The molecule has 0 bridgehead atoms. The van der Waals surface area contributed by atoms with Crippen LogP contribution in [0.3, 0.4) is 0 Å². The van der Waals surface area contributed by atoms with Crippen LogP contribution in [-0.4, -0.2) is 24.7 Å². The van der Waals surface area contributed by atoms with Gasteiger partial charge in [-0.2, -0.15) is 0 Å². The van der Waals surface area contributed by atoms with Crippen LogP contribution in [0.1, 0.15) is 49.6 Å². The van der Waals surface area contributed by atoms with Crippen LogP contribution in [0.15, 0.2) is 39.8 Å². The summed E-state index contributed by atoms with van der Waals surface area (Å²) in [5, 5.41) is 10.6. The Bertz CT molecular complexity index is 749. The molecule has 0 aliphatic heterocycles. The first kappa shape index (κ1) is 17.5. The summed E-state index contributed by atoms with van der Waals surface area (Å²) < 4.78 is 18.8. The Morgan fingerprint density at radius 1 is 1.32 bits per heavy atom. The van der Waals surface area contributed by atoms with Gasteiger partial charge in [0.15, 0.2) is 11.7 Å². The van der Waals surface area contributed by atoms with E-state index in [0.717, 1.165) is 36.4 Å². The van der Waals surface area contributed by atoms with E-state index in [1.165, 1.54) is 6.07 Å². The SMILES string of the molecule is CN=C(NCc1cc(C(C)C)no1)NCC1(c2cccc(F)c2)CC1. The average molecular weight is 344 g/mol. The Balaban J connectivity index is 1.54. The second kappa shape index (κ2) is 7.25. The second-order valence-electron chi connectivity index (χ2n) is 6.94. The number of nitrogens with one attached hydrogen (secondary N) is 2. The first-order chi connectivity index (χ1) is 12.0. The van der Waals surface area contributed by atoms with Crippen LogP contribution < -0.4 is 10.6 Å². The molecule has 0 spiro atoms. The van der Waals surface area contributed by atoms with Crippen LogP contribution in [0.5, 0.6) is 0 Å². The summed E-state index contributed by atoms with van der Waals surface area (Å²) in [7, 11) is 1.73. The molecule has 6 heteroatoms. The van der Waals surface area contributed by atoms with E-state index in [2.05, 4.69) is 34.6 Å². The van der Waals surface area contributed by atoms with Crippen molar-refractivity contribution in [2.75, 3.05) is 13.6 Å². The summed E-state index contributed by atoms with van der Waals surface area (Å²) in [5.74, 6) is 1.64. The van der Waals surface area contributed by atoms with Gasteiger partial charge in [-0.05, 0) is 36.5 Å². The maximum atomic E-state index is 13.5. The molecule has 0 saturated heterocycles. The zero-order chi connectivity index (χ0) is 17.9. The zero-order valence-corrected chi connectivity index (χ0v) is 15.0. The van der Waals surface area contributed by atoms with Gasteiger partial charge >= 0.3 is 0 Å². The molecule has 1 aliphatic carbocycles. The van der Waals surface area contributed by atoms with Crippen molar-refractivity contribution in [2.45, 2.75) is 44.6 Å². The fourth-order valence-electron chi connectivity index (χ4n) is 2.87. The highest BCUT2D eigenvalue weighted by atomic mass is 19.1. The molecule has 0 radical (unpaired) electrons. The van der Waals surface area contributed by atoms with Crippen LogP contribution in [0.4, 0.5) is 4.39 Å². The summed E-state index contributed by atoms with van der Waals surface area (Å²) in [6.45, 7) is 5.41. The molecule has 134 valence electrons. The molecule has 1 saturated carbocycles. The topological polar surface area (TPSA) is 62.5 Å². The van der Waals surface area contributed by atoms with Crippen LogP contribution in [0, 0.1) is 5.82 Å². The van der Waals surface area contributed by atoms with Crippen molar-refractivity contribution in [2.24, 2.45) is 4.99 Å². The lowest BCUT2D eigenvalue weighted by Gasteiger charge is -2.18. The highest BCUT2D eigenvalue weighted by Gasteiger charge is 2.44. The Kier molecular flexibility index (Phi) is 5.06. The van der Waals surface area contributed by atoms with E-state index in [1.807, 2.05) is 12.1 Å². The van der Waals surface area contributed by atoms with Gasteiger partial charge < -0.3 is 15.2 Å². The number of rotatable bonds is 6. The van der Waals surface area contributed by atoms with Gasteiger partial charge in [0, 0.05) is 25.1 Å². The lowest BCUT2D eigenvalue weighted by atomic mass is 9.96. The van der Waals surface area contributed by atoms with E-state index < -0.39 is 0 Å². The molecule has 3 rings (SSSR count). The van der Waals surface area contributed by atoms with Gasteiger partial charge in [0.25, 0.3) is 0 Å². The third-order valence-electron chi connectivity index (χ3n) is 4.71. The molecule has 1 aromatic carbocycles. The number of halogens is 1. The van der Waals surface area contributed by atoms with Crippen molar-refractivity contribution >= 4 is 5.96 Å². The van der Waals surface area contributed by atoms with Gasteiger partial charge in [0.2, 0.25) is 0 Å². The predicted molar refractivity (Wildman–Crippen MR) is 96.1 cm³/mol. The normalized spacial score (nSPS) is 16.1. The van der Waals surface area contributed by atoms with E-state index in [1.54, 1.807) is 19.2 Å². The van der Waals surface area contributed by atoms with E-state index >= 15 is 0 Å². The Hall–Kier alpha value is -2.37. The van der Waals surface area contributed by atoms with Gasteiger partial charge in [0.05, 0.1) is 12.2 Å². The smallest absolute Gasteiger partial charge is 0.191 e. The van der Waals surface area contributed by atoms with Crippen LogP contribution in [0.2, 0.25) is 0 Å². The minimum Gasteiger partial charge on any atom is -0.359 e. The molecule has 0 atom stereocenters. The van der Waals surface area contributed by atoms with Crippen LogP contribution in [-0.2, 0) is 12.0 Å². The first-order valence-corrected chi connectivity index (χ1v) is 8.68. The molecule has 1 heterocycles. The number of aliphatic imine (C=N–C) groups is 1. The van der Waals surface area contributed by atoms with E-state index in [0.29, 0.717) is 18.4 Å². The lowest BCUT2D eigenvalue weighted by Crippen LogP contribution is -2.40. The van der Waals surface area contributed by atoms with Crippen molar-refractivity contribution in [3.8, 4) is 0 Å². The van der Waals surface area contributed by atoms with Gasteiger partial charge in [-0.3, -0.25) is 4.99 Å². The third kappa shape index (κ3) is 4.18. The number of benzene rings is 1. The van der Waals surface area contributed by atoms with Crippen LogP contribution in [0.25, 0.3) is 0 Å². The first-order valence-electron chi connectivity index (χ1n) is 8.68. The fourth-order valence-corrected chi connectivity index (χ4v) is 2.87. The number of nitrogens with zero attached hydrogens (tertiary/aromatic N) is 2. The molecular weight excluding hydrogens is 319 g/mol. The standard InChI is InChI=1S/C19H25FN4O/c1-13(2)17-10-16(25-24-17)11-22-18(21-3)23-12-19(7-8-19)14-5-4-6-15(20)9-14/h4-6,9-10,13H,7-8,11-12H2,1-3H3,(H2,21,22,23). The summed E-state index contributed by atoms with van der Waals surface area (Å²) in [6, 6.07) is 8.84. The Labute approximate surface area is 147 Å². The maximum absolute atomic E-state index is 13.5. The molecule has 2 N–H and O–H groups in total. The number of aromatic nitrogens is 1. The molecular formula is C19H25FN4O. The highest BCUT2D eigenvalue weighted by molar-refractivity contribution is 5.79. The molecule has 0 amide bonds. The van der Waals surface area contributed by atoms with E-state index in [-0.39, 0.29) is 11.2 Å². The molecule has 1 aliphatic rings. The zero-order valence-electron chi connectivity index (χ0n) is 15.0. The quantitative estimate of drug-likeness (QED) is 0.623. The van der Waals surface area contributed by atoms with Crippen molar-refractivity contribution in [1.82, 2.24) is 15.8 Å². The molecule has 0 unspecified atom stereocenters. The number of guanidine groups is 1. The largest absolute Gasteiger partial charge is 0.359 e. The summed E-state index contributed by atoms with van der Waals surface area (Å²) in [4.78, 5) is 4.25. The summed E-state index contributed by atoms with van der Waals surface area (Å²) >= 11 is 0. The summed E-state index contributed by atoms with van der Waals surface area (Å²) in [5.41, 5.74) is 2.01. The monoisotopic (exact) mass is 344 g/mol. The minimum atomic E-state index is -0.183. The van der Waals surface area contributed by atoms with Crippen LogP contribution >= 0.6 is 0 Å². The third-order valence-corrected chi connectivity index (χ3v) is 4.71. The second-order valence-corrected chi connectivity index (χ2v) is 6.94. The Morgan fingerprint density at radius 3 is 2.72 bits per heavy atom. The Morgan fingerprint density at radius 2 is 2.12 bits per heavy atom. The molecule has 1 fully saturated rings. The van der Waals surface area contributed by atoms with Gasteiger partial charge in [0.1, 0.15) is 5.82 Å². The van der Waals surface area contributed by atoms with Gasteiger partial charge in [-0.25, -0.2) is 4.39 Å².